The van der Waals surface area contributed by atoms with Crippen LogP contribution in [0.25, 0.3) is 93.6 Å². The van der Waals surface area contributed by atoms with E-state index in [2.05, 4.69) is 352 Å². The highest BCUT2D eigenvalue weighted by Gasteiger charge is 2.49. The van der Waals surface area contributed by atoms with Crippen LogP contribution in [0.1, 0.15) is 52.7 Å². The van der Waals surface area contributed by atoms with E-state index in [9.17, 15) is 0 Å². The lowest BCUT2D eigenvalue weighted by Crippen LogP contribution is -2.64. The van der Waals surface area contributed by atoms with E-state index in [0.29, 0.717) is 0 Å². The normalized spacial score (nSPS) is 13.6. The number of para-hydroxylation sites is 8. The van der Waals surface area contributed by atoms with E-state index in [1.54, 1.807) is 0 Å². The minimum atomic E-state index is -0.320. The summed E-state index contributed by atoms with van der Waals surface area (Å²) in [4.78, 5) is 7.67. The quantitative estimate of drug-likeness (QED) is 0.155. The van der Waals surface area contributed by atoms with Gasteiger partial charge in [0, 0.05) is 89.3 Å². The first-order chi connectivity index (χ1) is 49.4. The average Bonchev–Trinajstić information content (AvgIpc) is 1.20. The van der Waals surface area contributed by atoms with Crippen LogP contribution >= 0.6 is 0 Å². The minimum absolute atomic E-state index is 0.234. The van der Waals surface area contributed by atoms with Crippen molar-refractivity contribution in [1.29, 1.82) is 0 Å². The molecule has 21 rings (SSSR count). The summed E-state index contributed by atoms with van der Waals surface area (Å²) in [7, 11) is 0. The molecule has 17 aromatic rings. The maximum Gasteiger partial charge on any atom is 0.256 e. The van der Waals surface area contributed by atoms with Crippen LogP contribution in [0, 0.1) is 0 Å². The molecule has 478 valence electrons. The SMILES string of the molecule is CC(C)(C)c1cc2c3c(c1)N(c1cccc4c1oc1ccccc14)c1ccccc1B3c1cc3c(cc1O2)N(c1c(-c2ccccc2)cccc1-c1ccccc1)c1cc(C(C)(C)C)cc2c1B3c1ccc(-n3c4ccccc4c4ccccc43)cc1N2c1cccc2c1oc1ccccc12. The van der Waals surface area contributed by atoms with Crippen LogP contribution in [0.2, 0.25) is 0 Å². The van der Waals surface area contributed by atoms with Crippen molar-refractivity contribution in [2.45, 2.75) is 52.4 Å². The van der Waals surface area contributed by atoms with Gasteiger partial charge in [-0.25, -0.2) is 0 Å². The Kier molecular flexibility index (Phi) is 12.1. The summed E-state index contributed by atoms with van der Waals surface area (Å²) in [6.45, 7) is 13.5. The first-order valence-electron chi connectivity index (χ1n) is 35.3. The number of furan rings is 2. The Bertz CT molecular complexity index is 6280. The molecule has 0 aliphatic carbocycles. The Balaban J connectivity index is 0.898. The number of fused-ring (bicyclic) bond motifs is 17. The van der Waals surface area contributed by atoms with Crippen molar-refractivity contribution in [2.75, 3.05) is 14.7 Å². The third-order valence-electron chi connectivity index (χ3n) is 22.1. The molecule has 7 heterocycles. The minimum Gasteiger partial charge on any atom is -0.458 e. The molecule has 9 heteroatoms. The van der Waals surface area contributed by atoms with Gasteiger partial charge in [0.15, 0.2) is 11.2 Å². The van der Waals surface area contributed by atoms with Gasteiger partial charge in [-0.05, 0) is 145 Å². The second-order valence-corrected chi connectivity index (χ2v) is 29.9. The van der Waals surface area contributed by atoms with Crippen molar-refractivity contribution in [1.82, 2.24) is 4.57 Å². The van der Waals surface area contributed by atoms with E-state index >= 15 is 0 Å². The molecule has 0 unspecified atom stereocenters. The van der Waals surface area contributed by atoms with Gasteiger partial charge < -0.3 is 32.8 Å². The number of anilines is 9. The van der Waals surface area contributed by atoms with Crippen molar-refractivity contribution in [3.8, 4) is 39.4 Å². The Morgan fingerprint density at radius 3 is 1.36 bits per heavy atom. The van der Waals surface area contributed by atoms with E-state index in [0.717, 1.165) is 156 Å². The summed E-state index contributed by atoms with van der Waals surface area (Å²) in [6.07, 6.45) is 0. The molecule has 0 radical (unpaired) electrons. The van der Waals surface area contributed by atoms with Gasteiger partial charge in [-0.2, -0.15) is 0 Å². The fraction of sp³-hybridized carbons (Fsp3) is 0.0870. The highest BCUT2D eigenvalue weighted by atomic mass is 16.5. The topological polar surface area (TPSA) is 50.2 Å². The smallest absolute Gasteiger partial charge is 0.256 e. The van der Waals surface area contributed by atoms with Gasteiger partial charge in [-0.15, -0.1) is 0 Å². The molecule has 0 N–H and O–H groups in total. The number of aromatic nitrogens is 1. The molecular formula is C92H66B2N4O3. The molecule has 0 amide bonds. The lowest BCUT2D eigenvalue weighted by atomic mass is 9.30. The third-order valence-corrected chi connectivity index (χ3v) is 22.1. The third kappa shape index (κ3) is 8.38. The van der Waals surface area contributed by atoms with Gasteiger partial charge in [0.05, 0.1) is 28.1 Å². The fourth-order valence-electron chi connectivity index (χ4n) is 17.4. The van der Waals surface area contributed by atoms with Gasteiger partial charge in [-0.1, -0.05) is 248 Å². The van der Waals surface area contributed by atoms with Crippen LogP contribution < -0.4 is 52.2 Å². The zero-order valence-corrected chi connectivity index (χ0v) is 56.9. The maximum atomic E-state index is 7.89. The molecule has 7 nitrogen and oxygen atoms in total. The van der Waals surface area contributed by atoms with Crippen LogP contribution in [-0.4, -0.2) is 18.0 Å². The number of rotatable bonds is 6. The number of ether oxygens (including phenoxy) is 1. The maximum absolute atomic E-state index is 7.89. The number of hydrogen-bond acceptors (Lipinski definition) is 6. The van der Waals surface area contributed by atoms with E-state index in [1.165, 1.54) is 43.8 Å². The molecule has 0 saturated carbocycles. The Morgan fingerprint density at radius 1 is 0.297 bits per heavy atom. The molecule has 4 aliphatic heterocycles. The van der Waals surface area contributed by atoms with Crippen molar-refractivity contribution < 1.29 is 13.6 Å². The molecule has 4 aliphatic rings. The largest absolute Gasteiger partial charge is 0.458 e. The van der Waals surface area contributed by atoms with Gasteiger partial charge in [0.25, 0.3) is 13.4 Å². The predicted molar refractivity (Wildman–Crippen MR) is 423 cm³/mol. The predicted octanol–water partition coefficient (Wildman–Crippen LogP) is 21.0. The second-order valence-electron chi connectivity index (χ2n) is 29.9. The van der Waals surface area contributed by atoms with Crippen molar-refractivity contribution in [3.05, 3.63) is 302 Å². The van der Waals surface area contributed by atoms with Gasteiger partial charge in [-0.3, -0.25) is 0 Å². The van der Waals surface area contributed by atoms with E-state index in [1.807, 2.05) is 0 Å². The summed E-state index contributed by atoms with van der Waals surface area (Å²) >= 11 is 0. The van der Waals surface area contributed by atoms with Gasteiger partial charge >= 0.3 is 0 Å². The first-order valence-corrected chi connectivity index (χ1v) is 35.3. The molecular weight excluding hydrogens is 1230 g/mol. The van der Waals surface area contributed by atoms with Crippen molar-refractivity contribution in [3.63, 3.8) is 0 Å². The van der Waals surface area contributed by atoms with E-state index in [-0.39, 0.29) is 24.3 Å². The number of hydrogen-bond donors (Lipinski definition) is 0. The van der Waals surface area contributed by atoms with E-state index in [4.69, 9.17) is 13.6 Å². The van der Waals surface area contributed by atoms with Crippen LogP contribution in [-0.2, 0) is 10.8 Å². The summed E-state index contributed by atoms with van der Waals surface area (Å²) in [5, 5.41) is 6.76. The molecule has 101 heavy (non-hydrogen) atoms. The zero-order valence-electron chi connectivity index (χ0n) is 56.9. The Labute approximate surface area is 586 Å². The second kappa shape index (κ2) is 21.2. The van der Waals surface area contributed by atoms with Crippen molar-refractivity contribution >= 4 is 163 Å². The average molecular weight is 1300 g/mol. The summed E-state index contributed by atoms with van der Waals surface area (Å²) < 4.78 is 24.6. The monoisotopic (exact) mass is 1300 g/mol. The fourth-order valence-corrected chi connectivity index (χ4v) is 17.4. The van der Waals surface area contributed by atoms with Gasteiger partial charge in [0.2, 0.25) is 0 Å². The van der Waals surface area contributed by atoms with Crippen LogP contribution in [0.4, 0.5) is 51.2 Å². The molecule has 0 atom stereocenters. The molecule has 3 aromatic heterocycles. The summed E-state index contributed by atoms with van der Waals surface area (Å²) in [5.41, 5.74) is 29.6. The van der Waals surface area contributed by atoms with E-state index < -0.39 is 0 Å². The molecule has 14 aromatic carbocycles. The van der Waals surface area contributed by atoms with Crippen LogP contribution in [0.3, 0.4) is 0 Å². The van der Waals surface area contributed by atoms with Crippen LogP contribution in [0.5, 0.6) is 11.5 Å². The molecule has 0 fully saturated rings. The van der Waals surface area contributed by atoms with Crippen LogP contribution in [0.15, 0.2) is 300 Å². The highest BCUT2D eigenvalue weighted by molar-refractivity contribution is 7.02. The summed E-state index contributed by atoms with van der Waals surface area (Å²) in [6, 6.07) is 108. The number of benzene rings is 14. The summed E-state index contributed by atoms with van der Waals surface area (Å²) in [5.74, 6) is 1.68. The zero-order chi connectivity index (χ0) is 67.3. The number of nitrogens with zero attached hydrogens (tertiary/aromatic N) is 4. The first kappa shape index (κ1) is 57.8. The van der Waals surface area contributed by atoms with Crippen molar-refractivity contribution in [2.24, 2.45) is 0 Å². The molecule has 0 saturated heterocycles. The molecule has 0 spiro atoms. The lowest BCUT2D eigenvalue weighted by Gasteiger charge is -2.46. The Hall–Kier alpha value is -12.2. The molecule has 0 bridgehead atoms. The standard InChI is InChI=1S/C92H66B2N4O3/c1-91(2,3)57-48-79-86-80(49-57)98(88-60(55-26-9-7-10-27-55)34-23-35-61(88)56-28-11-8-12-29-56)78-54-84-71(94-68-38-17-20-41-74(68)96(81-50-58(92(4,5)6)51-85(99-84)87(81)94)75-42-24-36-66-64-32-15-21-44-82(64)100-89(66)75)53-70(78)93(86)69-47-46-59(95-72-39-18-13-30-62(72)63-31-14-19-40-73(63)95)52-77(69)97(79)76-43-25-37-67-65-33-16-22-45-83(65)101-90(67)76/h7-54H,1-6H3. The Morgan fingerprint density at radius 2 is 0.752 bits per heavy atom. The lowest BCUT2D eigenvalue weighted by molar-refractivity contribution is 0.483. The van der Waals surface area contributed by atoms with Gasteiger partial charge in [0.1, 0.15) is 22.7 Å². The highest BCUT2D eigenvalue weighted by Crippen LogP contribution is 2.54.